The number of allylic oxidation sites excluding steroid dienone is 2. The number of methoxy groups -OCH3 is 1. The first-order valence-electron chi connectivity index (χ1n) is 5.53. The summed E-state index contributed by atoms with van der Waals surface area (Å²) in [5.41, 5.74) is 1.23. The van der Waals surface area contributed by atoms with Crippen molar-refractivity contribution in [3.8, 4) is 11.8 Å². The second-order valence-electron chi connectivity index (χ2n) is 4.11. The molecule has 0 spiro atoms. The van der Waals surface area contributed by atoms with E-state index in [9.17, 15) is 0 Å². The molecule has 0 amide bonds. The van der Waals surface area contributed by atoms with Gasteiger partial charge in [-0.15, -0.1) is 0 Å². The summed E-state index contributed by atoms with van der Waals surface area (Å²) >= 11 is 0. The molecule has 2 heteroatoms. The molecule has 0 heterocycles. The molecule has 0 aromatic heterocycles. The van der Waals surface area contributed by atoms with Crippen molar-refractivity contribution >= 4 is 0 Å². The van der Waals surface area contributed by atoms with E-state index in [-0.39, 0.29) is 5.92 Å². The third kappa shape index (κ3) is 2.25. The lowest BCUT2D eigenvalue weighted by atomic mass is 9.83. The van der Waals surface area contributed by atoms with Crippen LogP contribution in [0.4, 0.5) is 0 Å². The summed E-state index contributed by atoms with van der Waals surface area (Å²) in [5, 5.41) is 8.95. The van der Waals surface area contributed by atoms with E-state index >= 15 is 0 Å². The van der Waals surface area contributed by atoms with Gasteiger partial charge in [0.1, 0.15) is 5.75 Å². The normalized spacial score (nSPS) is 23.8. The summed E-state index contributed by atoms with van der Waals surface area (Å²) in [7, 11) is 1.67. The molecule has 0 saturated carbocycles. The van der Waals surface area contributed by atoms with E-state index in [0.29, 0.717) is 5.92 Å². The minimum absolute atomic E-state index is 0.154. The first kappa shape index (κ1) is 10.8. The van der Waals surface area contributed by atoms with Gasteiger partial charge in [0, 0.05) is 5.92 Å². The smallest absolute Gasteiger partial charge is 0.119 e. The molecule has 0 fully saturated rings. The largest absolute Gasteiger partial charge is 0.497 e. The molecule has 82 valence electrons. The predicted molar refractivity (Wildman–Crippen MR) is 63.2 cm³/mol. The van der Waals surface area contributed by atoms with E-state index in [4.69, 9.17) is 10.00 Å². The highest BCUT2D eigenvalue weighted by Gasteiger charge is 2.18. The monoisotopic (exact) mass is 213 g/mol. The average molecular weight is 213 g/mol. The van der Waals surface area contributed by atoms with Gasteiger partial charge in [-0.2, -0.15) is 5.26 Å². The van der Waals surface area contributed by atoms with Crippen LogP contribution in [0.2, 0.25) is 0 Å². The van der Waals surface area contributed by atoms with Crippen molar-refractivity contribution in [2.45, 2.75) is 18.8 Å². The summed E-state index contributed by atoms with van der Waals surface area (Å²) in [6.45, 7) is 0. The van der Waals surface area contributed by atoms with Crippen LogP contribution in [0.3, 0.4) is 0 Å². The van der Waals surface area contributed by atoms with E-state index in [1.54, 1.807) is 7.11 Å². The Labute approximate surface area is 96.2 Å². The van der Waals surface area contributed by atoms with Crippen LogP contribution in [-0.2, 0) is 0 Å². The van der Waals surface area contributed by atoms with Gasteiger partial charge in [0.2, 0.25) is 0 Å². The molecule has 0 bridgehead atoms. The Morgan fingerprint density at radius 2 is 2.31 bits per heavy atom. The van der Waals surface area contributed by atoms with Crippen molar-refractivity contribution in [3.05, 3.63) is 42.0 Å². The molecule has 16 heavy (non-hydrogen) atoms. The maximum Gasteiger partial charge on any atom is 0.119 e. The molecule has 0 N–H and O–H groups in total. The summed E-state index contributed by atoms with van der Waals surface area (Å²) in [4.78, 5) is 0. The molecule has 0 unspecified atom stereocenters. The Morgan fingerprint density at radius 3 is 3.06 bits per heavy atom. The lowest BCUT2D eigenvalue weighted by Crippen LogP contribution is -2.08. The zero-order valence-corrected chi connectivity index (χ0v) is 9.39. The molecule has 2 nitrogen and oxygen atoms in total. The van der Waals surface area contributed by atoms with Gasteiger partial charge in [0.05, 0.1) is 19.1 Å². The zero-order chi connectivity index (χ0) is 11.4. The lowest BCUT2D eigenvalue weighted by molar-refractivity contribution is 0.413. The van der Waals surface area contributed by atoms with Gasteiger partial charge in [-0.25, -0.2) is 0 Å². The fourth-order valence-electron chi connectivity index (χ4n) is 2.11. The van der Waals surface area contributed by atoms with Crippen LogP contribution >= 0.6 is 0 Å². The SMILES string of the molecule is COc1cccc([C@H]2C=CC[C@H](C#N)C2)c1. The van der Waals surface area contributed by atoms with Crippen molar-refractivity contribution in [2.24, 2.45) is 5.92 Å². The fourth-order valence-corrected chi connectivity index (χ4v) is 2.11. The molecule has 1 aromatic rings. The van der Waals surface area contributed by atoms with Crippen molar-refractivity contribution in [1.29, 1.82) is 5.26 Å². The minimum Gasteiger partial charge on any atom is -0.497 e. The Bertz CT molecular complexity index is 431. The van der Waals surface area contributed by atoms with Crippen molar-refractivity contribution in [3.63, 3.8) is 0 Å². The van der Waals surface area contributed by atoms with Crippen LogP contribution in [0.1, 0.15) is 24.3 Å². The van der Waals surface area contributed by atoms with Gasteiger partial charge in [-0.05, 0) is 30.5 Å². The second-order valence-corrected chi connectivity index (χ2v) is 4.11. The Kier molecular flexibility index (Phi) is 3.26. The highest BCUT2D eigenvalue weighted by molar-refractivity contribution is 5.33. The number of benzene rings is 1. The first-order valence-corrected chi connectivity index (χ1v) is 5.53. The maximum absolute atomic E-state index is 8.95. The van der Waals surface area contributed by atoms with Crippen LogP contribution < -0.4 is 4.74 Å². The molecule has 1 aliphatic rings. The highest BCUT2D eigenvalue weighted by atomic mass is 16.5. The van der Waals surface area contributed by atoms with Crippen molar-refractivity contribution in [1.82, 2.24) is 0 Å². The van der Waals surface area contributed by atoms with Crippen LogP contribution in [-0.4, -0.2) is 7.11 Å². The quantitative estimate of drug-likeness (QED) is 0.706. The van der Waals surface area contributed by atoms with Gasteiger partial charge >= 0.3 is 0 Å². The maximum atomic E-state index is 8.95. The van der Waals surface area contributed by atoms with E-state index in [1.165, 1.54) is 5.56 Å². The fraction of sp³-hybridized carbons (Fsp3) is 0.357. The standard InChI is InChI=1S/C14H15NO/c1-16-14-7-3-6-13(9-14)12-5-2-4-11(8-12)10-15/h2-3,5-7,9,11-12H,4,8H2,1H3/t11-,12-/m0/s1. The van der Waals surface area contributed by atoms with Gasteiger partial charge in [0.15, 0.2) is 0 Å². The summed E-state index contributed by atoms with van der Waals surface area (Å²) in [6.07, 6.45) is 6.11. The number of nitrogens with zero attached hydrogens (tertiary/aromatic N) is 1. The third-order valence-electron chi connectivity index (χ3n) is 3.03. The van der Waals surface area contributed by atoms with Crippen molar-refractivity contribution in [2.75, 3.05) is 7.11 Å². The molecule has 2 atom stereocenters. The topological polar surface area (TPSA) is 33.0 Å². The van der Waals surface area contributed by atoms with Crippen LogP contribution in [0.5, 0.6) is 5.75 Å². The third-order valence-corrected chi connectivity index (χ3v) is 3.03. The molecule has 0 aliphatic heterocycles. The molecular formula is C14H15NO. The molecule has 1 aromatic carbocycles. The Morgan fingerprint density at radius 1 is 1.44 bits per heavy atom. The van der Waals surface area contributed by atoms with Gasteiger partial charge in [-0.1, -0.05) is 24.3 Å². The zero-order valence-electron chi connectivity index (χ0n) is 9.39. The van der Waals surface area contributed by atoms with Crippen molar-refractivity contribution < 1.29 is 4.74 Å². The Hall–Kier alpha value is -1.75. The van der Waals surface area contributed by atoms with Gasteiger partial charge < -0.3 is 4.74 Å². The summed E-state index contributed by atoms with van der Waals surface area (Å²) in [6, 6.07) is 10.4. The number of ether oxygens (including phenoxy) is 1. The molecule has 1 aliphatic carbocycles. The molecule has 0 saturated heterocycles. The van der Waals surface area contributed by atoms with Gasteiger partial charge in [-0.3, -0.25) is 0 Å². The average Bonchev–Trinajstić information content (AvgIpc) is 2.39. The number of hydrogen-bond donors (Lipinski definition) is 0. The second kappa shape index (κ2) is 4.85. The molecular weight excluding hydrogens is 198 g/mol. The van der Waals surface area contributed by atoms with E-state index in [1.807, 2.05) is 12.1 Å². The number of rotatable bonds is 2. The van der Waals surface area contributed by atoms with Crippen LogP contribution in [0.15, 0.2) is 36.4 Å². The molecule has 0 radical (unpaired) electrons. The minimum atomic E-state index is 0.154. The van der Waals surface area contributed by atoms with E-state index < -0.39 is 0 Å². The summed E-state index contributed by atoms with van der Waals surface area (Å²) in [5.74, 6) is 1.39. The highest BCUT2D eigenvalue weighted by Crippen LogP contribution is 2.32. The van der Waals surface area contributed by atoms with E-state index in [0.717, 1.165) is 18.6 Å². The predicted octanol–water partition coefficient (Wildman–Crippen LogP) is 3.27. The molecule has 2 rings (SSSR count). The summed E-state index contributed by atoms with van der Waals surface area (Å²) < 4.78 is 5.21. The number of nitriles is 1. The number of hydrogen-bond acceptors (Lipinski definition) is 2. The van der Waals surface area contributed by atoms with E-state index in [2.05, 4.69) is 30.4 Å². The van der Waals surface area contributed by atoms with Crippen LogP contribution in [0, 0.1) is 17.2 Å². The lowest BCUT2D eigenvalue weighted by Gasteiger charge is -2.20. The van der Waals surface area contributed by atoms with Gasteiger partial charge in [0.25, 0.3) is 0 Å². The Balaban J connectivity index is 2.21. The van der Waals surface area contributed by atoms with Crippen LogP contribution in [0.25, 0.3) is 0 Å². The first-order chi connectivity index (χ1) is 7.83.